The molecule has 0 amide bonds. The van der Waals surface area contributed by atoms with Crippen molar-refractivity contribution < 1.29 is 0 Å². The van der Waals surface area contributed by atoms with E-state index >= 15 is 0 Å². The summed E-state index contributed by atoms with van der Waals surface area (Å²) >= 11 is 0. The van der Waals surface area contributed by atoms with Crippen molar-refractivity contribution in [3.63, 3.8) is 0 Å². The van der Waals surface area contributed by atoms with Crippen LogP contribution in [0.2, 0.25) is 0 Å². The molecule has 0 radical (unpaired) electrons. The van der Waals surface area contributed by atoms with Crippen molar-refractivity contribution >= 4 is 0 Å². The van der Waals surface area contributed by atoms with Gasteiger partial charge in [-0.05, 0) is 56.3 Å². The lowest BCUT2D eigenvalue weighted by molar-refractivity contribution is 0.234. The Hall–Kier alpha value is -0.820. The molecule has 94 valence electrons. The number of aryl methyl sites for hydroxylation is 2. The van der Waals surface area contributed by atoms with Crippen LogP contribution in [-0.2, 0) is 5.41 Å². The monoisotopic (exact) mass is 231 g/mol. The smallest absolute Gasteiger partial charge is 0.00779 e. The quantitative estimate of drug-likeness (QED) is 0.761. The van der Waals surface area contributed by atoms with Crippen molar-refractivity contribution in [2.24, 2.45) is 0 Å². The fourth-order valence-electron chi connectivity index (χ4n) is 2.75. The van der Waals surface area contributed by atoms with E-state index in [4.69, 9.17) is 0 Å². The molecule has 0 spiro atoms. The zero-order valence-electron chi connectivity index (χ0n) is 11.5. The lowest BCUT2D eigenvalue weighted by Crippen LogP contribution is -2.44. The Labute approximate surface area is 106 Å². The lowest BCUT2D eigenvalue weighted by atomic mass is 9.64. The van der Waals surface area contributed by atoms with Gasteiger partial charge in [0.25, 0.3) is 0 Å². The molecule has 2 rings (SSSR count). The van der Waals surface area contributed by atoms with Crippen molar-refractivity contribution in [2.45, 2.75) is 51.9 Å². The second-order valence-corrected chi connectivity index (χ2v) is 5.61. The molecule has 1 aromatic rings. The van der Waals surface area contributed by atoms with Crippen molar-refractivity contribution in [2.75, 3.05) is 13.1 Å². The molecular formula is C16H25N. The highest BCUT2D eigenvalue weighted by molar-refractivity contribution is 5.36. The lowest BCUT2D eigenvalue weighted by Gasteiger charge is -2.43. The highest BCUT2D eigenvalue weighted by Gasteiger charge is 2.38. The van der Waals surface area contributed by atoms with Gasteiger partial charge in [0, 0.05) is 12.0 Å². The Kier molecular flexibility index (Phi) is 3.88. The maximum atomic E-state index is 3.61. The van der Waals surface area contributed by atoms with E-state index < -0.39 is 0 Å². The summed E-state index contributed by atoms with van der Waals surface area (Å²) in [4.78, 5) is 0. The minimum absolute atomic E-state index is 0.438. The first kappa shape index (κ1) is 12.6. The average Bonchev–Trinajstić information content (AvgIpc) is 2.26. The van der Waals surface area contributed by atoms with Gasteiger partial charge in [0.1, 0.15) is 0 Å². The first-order valence-electron chi connectivity index (χ1n) is 6.96. The van der Waals surface area contributed by atoms with Crippen LogP contribution >= 0.6 is 0 Å². The minimum Gasteiger partial charge on any atom is -0.316 e. The molecule has 0 heterocycles. The Morgan fingerprint density at radius 2 is 1.94 bits per heavy atom. The van der Waals surface area contributed by atoms with Gasteiger partial charge in [-0.15, -0.1) is 0 Å². The SMILES string of the molecule is CCCNCC1(c2ccc(C)c(C)c2)CCC1. The first-order chi connectivity index (χ1) is 8.18. The van der Waals surface area contributed by atoms with Gasteiger partial charge in [-0.3, -0.25) is 0 Å². The van der Waals surface area contributed by atoms with Crippen molar-refractivity contribution in [3.8, 4) is 0 Å². The van der Waals surface area contributed by atoms with E-state index in [1.165, 1.54) is 36.8 Å². The van der Waals surface area contributed by atoms with E-state index in [0.717, 1.165) is 13.1 Å². The van der Waals surface area contributed by atoms with Crippen LogP contribution in [0.1, 0.15) is 49.3 Å². The molecular weight excluding hydrogens is 206 g/mol. The van der Waals surface area contributed by atoms with Crippen LogP contribution in [0.15, 0.2) is 18.2 Å². The van der Waals surface area contributed by atoms with Crippen LogP contribution in [0.5, 0.6) is 0 Å². The third-order valence-electron chi connectivity index (χ3n) is 4.32. The van der Waals surface area contributed by atoms with E-state index in [1.807, 2.05) is 0 Å². The first-order valence-corrected chi connectivity index (χ1v) is 6.96. The zero-order chi connectivity index (χ0) is 12.3. The summed E-state index contributed by atoms with van der Waals surface area (Å²) in [5.41, 5.74) is 4.83. The van der Waals surface area contributed by atoms with Gasteiger partial charge in [-0.1, -0.05) is 31.5 Å². The molecule has 1 N–H and O–H groups in total. The largest absolute Gasteiger partial charge is 0.316 e. The second-order valence-electron chi connectivity index (χ2n) is 5.61. The van der Waals surface area contributed by atoms with Crippen LogP contribution in [-0.4, -0.2) is 13.1 Å². The van der Waals surface area contributed by atoms with Gasteiger partial charge in [0.2, 0.25) is 0 Å². The molecule has 17 heavy (non-hydrogen) atoms. The Morgan fingerprint density at radius 3 is 2.47 bits per heavy atom. The van der Waals surface area contributed by atoms with Gasteiger partial charge in [-0.25, -0.2) is 0 Å². The van der Waals surface area contributed by atoms with E-state index in [1.54, 1.807) is 5.56 Å². The molecule has 1 saturated carbocycles. The summed E-state index contributed by atoms with van der Waals surface area (Å²) in [6.07, 6.45) is 5.32. The van der Waals surface area contributed by atoms with Gasteiger partial charge in [0.15, 0.2) is 0 Å². The Bertz CT molecular complexity index is 377. The fraction of sp³-hybridized carbons (Fsp3) is 0.625. The molecule has 1 fully saturated rings. The van der Waals surface area contributed by atoms with Gasteiger partial charge in [0.05, 0.1) is 0 Å². The van der Waals surface area contributed by atoms with Gasteiger partial charge < -0.3 is 5.32 Å². The standard InChI is InChI=1S/C16H25N/c1-4-10-17-12-16(8-5-9-16)15-7-6-13(2)14(3)11-15/h6-7,11,17H,4-5,8-10,12H2,1-3H3. The van der Waals surface area contributed by atoms with E-state index in [0.29, 0.717) is 5.41 Å². The molecule has 1 heteroatoms. The van der Waals surface area contributed by atoms with Crippen LogP contribution in [0.25, 0.3) is 0 Å². The van der Waals surface area contributed by atoms with Crippen LogP contribution in [0, 0.1) is 13.8 Å². The maximum Gasteiger partial charge on any atom is 0.00779 e. The predicted molar refractivity (Wildman–Crippen MR) is 74.6 cm³/mol. The maximum absolute atomic E-state index is 3.61. The third-order valence-corrected chi connectivity index (χ3v) is 4.32. The molecule has 1 aliphatic rings. The summed E-state index contributed by atoms with van der Waals surface area (Å²) in [7, 11) is 0. The molecule has 0 bridgehead atoms. The minimum atomic E-state index is 0.438. The highest BCUT2D eigenvalue weighted by atomic mass is 14.9. The summed E-state index contributed by atoms with van der Waals surface area (Å²) in [5.74, 6) is 0. The number of hydrogen-bond acceptors (Lipinski definition) is 1. The number of benzene rings is 1. The molecule has 0 aromatic heterocycles. The third kappa shape index (κ3) is 2.55. The molecule has 1 aliphatic carbocycles. The Morgan fingerprint density at radius 1 is 1.18 bits per heavy atom. The van der Waals surface area contributed by atoms with Crippen LogP contribution in [0.4, 0.5) is 0 Å². The summed E-state index contributed by atoms with van der Waals surface area (Å²) in [5, 5.41) is 3.61. The summed E-state index contributed by atoms with van der Waals surface area (Å²) in [6, 6.07) is 7.03. The van der Waals surface area contributed by atoms with E-state index in [9.17, 15) is 0 Å². The highest BCUT2D eigenvalue weighted by Crippen LogP contribution is 2.43. The Balaban J connectivity index is 2.13. The zero-order valence-corrected chi connectivity index (χ0v) is 11.5. The van der Waals surface area contributed by atoms with Crippen molar-refractivity contribution in [3.05, 3.63) is 34.9 Å². The molecule has 0 unspecified atom stereocenters. The second kappa shape index (κ2) is 5.22. The molecule has 1 aromatic carbocycles. The van der Waals surface area contributed by atoms with Crippen LogP contribution < -0.4 is 5.32 Å². The number of rotatable bonds is 5. The molecule has 0 atom stereocenters. The predicted octanol–water partition coefficient (Wildman–Crippen LogP) is 3.72. The van der Waals surface area contributed by atoms with E-state index in [-0.39, 0.29) is 0 Å². The van der Waals surface area contributed by atoms with E-state index in [2.05, 4.69) is 44.3 Å². The molecule has 0 saturated heterocycles. The van der Waals surface area contributed by atoms with Crippen molar-refractivity contribution in [1.82, 2.24) is 5.32 Å². The van der Waals surface area contributed by atoms with Gasteiger partial charge >= 0.3 is 0 Å². The normalized spacial score (nSPS) is 17.8. The fourth-order valence-corrected chi connectivity index (χ4v) is 2.75. The van der Waals surface area contributed by atoms with Gasteiger partial charge in [-0.2, -0.15) is 0 Å². The number of nitrogens with one attached hydrogen (secondary N) is 1. The topological polar surface area (TPSA) is 12.0 Å². The average molecular weight is 231 g/mol. The molecule has 1 nitrogen and oxygen atoms in total. The molecule has 0 aliphatic heterocycles. The summed E-state index contributed by atoms with van der Waals surface area (Å²) in [6.45, 7) is 8.96. The summed E-state index contributed by atoms with van der Waals surface area (Å²) < 4.78 is 0. The van der Waals surface area contributed by atoms with Crippen LogP contribution in [0.3, 0.4) is 0 Å². The number of hydrogen-bond donors (Lipinski definition) is 1. The van der Waals surface area contributed by atoms with Crippen molar-refractivity contribution in [1.29, 1.82) is 0 Å².